The highest BCUT2D eigenvalue weighted by molar-refractivity contribution is 6.04. The Morgan fingerprint density at radius 2 is 1.67 bits per heavy atom. The second-order valence-corrected chi connectivity index (χ2v) is 6.25. The molecule has 0 aliphatic rings. The van der Waals surface area contributed by atoms with Crippen LogP contribution in [0.15, 0.2) is 24.3 Å². The van der Waals surface area contributed by atoms with E-state index < -0.39 is 0 Å². The van der Waals surface area contributed by atoms with Gasteiger partial charge in [-0.1, -0.05) is 26.0 Å². The van der Waals surface area contributed by atoms with Crippen LogP contribution in [0.25, 0.3) is 0 Å². The molecule has 21 heavy (non-hydrogen) atoms. The van der Waals surface area contributed by atoms with Crippen LogP contribution in [0.4, 0.5) is 5.69 Å². The summed E-state index contributed by atoms with van der Waals surface area (Å²) in [6.07, 6.45) is 1.58. The minimum absolute atomic E-state index is 0.0243. The van der Waals surface area contributed by atoms with E-state index in [9.17, 15) is 9.59 Å². The van der Waals surface area contributed by atoms with Crippen molar-refractivity contribution in [1.82, 2.24) is 5.32 Å². The summed E-state index contributed by atoms with van der Waals surface area (Å²) >= 11 is 0. The van der Waals surface area contributed by atoms with Gasteiger partial charge < -0.3 is 10.6 Å². The second-order valence-electron chi connectivity index (χ2n) is 6.25. The van der Waals surface area contributed by atoms with Gasteiger partial charge in [0.15, 0.2) is 0 Å². The predicted molar refractivity (Wildman–Crippen MR) is 86.4 cm³/mol. The molecule has 0 bridgehead atoms. The molecule has 0 saturated heterocycles. The third-order valence-corrected chi connectivity index (χ3v) is 3.27. The van der Waals surface area contributed by atoms with Crippen LogP contribution < -0.4 is 10.6 Å². The van der Waals surface area contributed by atoms with E-state index >= 15 is 0 Å². The lowest BCUT2D eigenvalue weighted by Crippen LogP contribution is -2.41. The molecule has 2 amide bonds. The molecule has 0 radical (unpaired) electrons. The number of amides is 2. The SMILES string of the molecule is CCC(CC)C(=O)Nc1ccccc1C(=O)NC(C)(C)C. The first-order valence-electron chi connectivity index (χ1n) is 7.50. The first-order chi connectivity index (χ1) is 9.78. The summed E-state index contributed by atoms with van der Waals surface area (Å²) in [6.45, 7) is 9.76. The van der Waals surface area contributed by atoms with E-state index in [-0.39, 0.29) is 23.3 Å². The Labute approximate surface area is 127 Å². The van der Waals surface area contributed by atoms with Crippen LogP contribution in [0.1, 0.15) is 57.8 Å². The number of anilines is 1. The first kappa shape index (κ1) is 17.2. The number of hydrogen-bond acceptors (Lipinski definition) is 2. The quantitative estimate of drug-likeness (QED) is 0.870. The fourth-order valence-corrected chi connectivity index (χ4v) is 2.09. The zero-order valence-electron chi connectivity index (χ0n) is 13.6. The number of rotatable bonds is 5. The molecule has 116 valence electrons. The first-order valence-corrected chi connectivity index (χ1v) is 7.50. The van der Waals surface area contributed by atoms with Crippen LogP contribution in [0.3, 0.4) is 0 Å². The molecule has 0 heterocycles. The number of carbonyl (C=O) groups is 2. The van der Waals surface area contributed by atoms with Gasteiger partial charge in [-0.2, -0.15) is 0 Å². The Kier molecular flexibility index (Phi) is 5.94. The summed E-state index contributed by atoms with van der Waals surface area (Å²) in [4.78, 5) is 24.5. The van der Waals surface area contributed by atoms with Gasteiger partial charge in [0, 0.05) is 11.5 Å². The van der Waals surface area contributed by atoms with Crippen molar-refractivity contribution in [2.75, 3.05) is 5.32 Å². The summed E-state index contributed by atoms with van der Waals surface area (Å²) in [5.41, 5.74) is 0.742. The van der Waals surface area contributed by atoms with E-state index in [1.54, 1.807) is 18.2 Å². The standard InChI is InChI=1S/C17H26N2O2/c1-6-12(7-2)15(20)18-14-11-9-8-10-13(14)16(21)19-17(3,4)5/h8-12H,6-7H2,1-5H3,(H,18,20)(H,19,21). The molecule has 1 aromatic carbocycles. The Hall–Kier alpha value is -1.84. The Morgan fingerprint density at radius 3 is 2.19 bits per heavy atom. The van der Waals surface area contributed by atoms with E-state index in [0.717, 1.165) is 12.8 Å². The van der Waals surface area contributed by atoms with Crippen LogP contribution >= 0.6 is 0 Å². The maximum absolute atomic E-state index is 12.3. The van der Waals surface area contributed by atoms with E-state index in [2.05, 4.69) is 10.6 Å². The van der Waals surface area contributed by atoms with Gasteiger partial charge in [-0.3, -0.25) is 9.59 Å². The Morgan fingerprint density at radius 1 is 1.10 bits per heavy atom. The summed E-state index contributed by atoms with van der Waals surface area (Å²) in [5.74, 6) is -0.234. The molecule has 0 saturated carbocycles. The summed E-state index contributed by atoms with van der Waals surface area (Å²) in [5, 5.41) is 5.80. The molecule has 4 nitrogen and oxygen atoms in total. The van der Waals surface area contributed by atoms with Crippen molar-refractivity contribution in [3.63, 3.8) is 0 Å². The molecule has 0 fully saturated rings. The van der Waals surface area contributed by atoms with E-state index in [1.807, 2.05) is 40.7 Å². The highest BCUT2D eigenvalue weighted by Gasteiger charge is 2.20. The fraction of sp³-hybridized carbons (Fsp3) is 0.529. The molecule has 0 aromatic heterocycles. The lowest BCUT2D eigenvalue weighted by molar-refractivity contribution is -0.120. The number of benzene rings is 1. The largest absolute Gasteiger partial charge is 0.347 e. The van der Waals surface area contributed by atoms with Gasteiger partial charge in [0.1, 0.15) is 0 Å². The van der Waals surface area contributed by atoms with Gasteiger partial charge in [0.2, 0.25) is 5.91 Å². The summed E-state index contributed by atoms with van der Waals surface area (Å²) < 4.78 is 0. The molecule has 1 aromatic rings. The van der Waals surface area contributed by atoms with Gasteiger partial charge in [-0.15, -0.1) is 0 Å². The number of hydrogen-bond donors (Lipinski definition) is 2. The van der Waals surface area contributed by atoms with Crippen molar-refractivity contribution < 1.29 is 9.59 Å². The predicted octanol–water partition coefficient (Wildman–Crippen LogP) is 3.59. The van der Waals surface area contributed by atoms with Crippen LogP contribution in [0.5, 0.6) is 0 Å². The molecule has 0 aliphatic carbocycles. The van der Waals surface area contributed by atoms with Gasteiger partial charge in [-0.05, 0) is 45.7 Å². The van der Waals surface area contributed by atoms with E-state index in [0.29, 0.717) is 11.3 Å². The number of nitrogens with one attached hydrogen (secondary N) is 2. The summed E-state index contributed by atoms with van der Waals surface area (Å²) in [7, 11) is 0. The Bertz CT molecular complexity index is 500. The maximum Gasteiger partial charge on any atom is 0.253 e. The Balaban J connectivity index is 2.94. The maximum atomic E-state index is 12.3. The lowest BCUT2D eigenvalue weighted by Gasteiger charge is -2.22. The molecular weight excluding hydrogens is 264 g/mol. The van der Waals surface area contributed by atoms with Gasteiger partial charge in [0.05, 0.1) is 11.3 Å². The second kappa shape index (κ2) is 7.25. The highest BCUT2D eigenvalue weighted by atomic mass is 16.2. The van der Waals surface area contributed by atoms with Crippen molar-refractivity contribution in [2.24, 2.45) is 5.92 Å². The average Bonchev–Trinajstić information content (AvgIpc) is 2.38. The van der Waals surface area contributed by atoms with Crippen molar-refractivity contribution in [3.8, 4) is 0 Å². The molecule has 0 spiro atoms. The molecule has 0 atom stereocenters. The third kappa shape index (κ3) is 5.21. The summed E-state index contributed by atoms with van der Waals surface area (Å²) in [6, 6.07) is 7.10. The number of carbonyl (C=O) groups excluding carboxylic acids is 2. The van der Waals surface area contributed by atoms with Gasteiger partial charge >= 0.3 is 0 Å². The number of para-hydroxylation sites is 1. The molecule has 4 heteroatoms. The zero-order chi connectivity index (χ0) is 16.0. The topological polar surface area (TPSA) is 58.2 Å². The van der Waals surface area contributed by atoms with Gasteiger partial charge in [-0.25, -0.2) is 0 Å². The van der Waals surface area contributed by atoms with Crippen molar-refractivity contribution >= 4 is 17.5 Å². The molecule has 2 N–H and O–H groups in total. The van der Waals surface area contributed by atoms with Crippen LogP contribution in [-0.4, -0.2) is 17.4 Å². The normalized spacial score (nSPS) is 11.3. The van der Waals surface area contributed by atoms with Crippen LogP contribution in [0, 0.1) is 5.92 Å². The van der Waals surface area contributed by atoms with Crippen LogP contribution in [-0.2, 0) is 4.79 Å². The molecule has 0 aliphatic heterocycles. The molecule has 0 unspecified atom stereocenters. The van der Waals surface area contributed by atoms with Crippen molar-refractivity contribution in [2.45, 2.75) is 53.0 Å². The monoisotopic (exact) mass is 290 g/mol. The molecular formula is C17H26N2O2. The van der Waals surface area contributed by atoms with E-state index in [4.69, 9.17) is 0 Å². The lowest BCUT2D eigenvalue weighted by atomic mass is 10.0. The fourth-order valence-electron chi connectivity index (χ4n) is 2.09. The van der Waals surface area contributed by atoms with Crippen molar-refractivity contribution in [3.05, 3.63) is 29.8 Å². The zero-order valence-corrected chi connectivity index (χ0v) is 13.6. The average molecular weight is 290 g/mol. The third-order valence-electron chi connectivity index (χ3n) is 3.27. The van der Waals surface area contributed by atoms with Crippen molar-refractivity contribution in [1.29, 1.82) is 0 Å². The van der Waals surface area contributed by atoms with E-state index in [1.165, 1.54) is 0 Å². The molecule has 1 rings (SSSR count). The van der Waals surface area contributed by atoms with Crippen LogP contribution in [0.2, 0.25) is 0 Å². The minimum Gasteiger partial charge on any atom is -0.347 e. The van der Waals surface area contributed by atoms with Gasteiger partial charge in [0.25, 0.3) is 5.91 Å². The minimum atomic E-state index is -0.316. The highest BCUT2D eigenvalue weighted by Crippen LogP contribution is 2.18. The smallest absolute Gasteiger partial charge is 0.253 e.